The quantitative estimate of drug-likeness (QED) is 0.859. The summed E-state index contributed by atoms with van der Waals surface area (Å²) in [6.07, 6.45) is 1.65. The Bertz CT molecular complexity index is 592. The number of rotatable bonds is 5. The Hall–Kier alpha value is -1.34. The molecule has 2 heterocycles. The minimum Gasteiger partial charge on any atom is -0.481 e. The molecular weight excluding hydrogens is 282 g/mol. The molecule has 0 fully saturated rings. The van der Waals surface area contributed by atoms with Crippen LogP contribution in [0.4, 0.5) is 0 Å². The molecule has 1 atom stereocenters. The average Bonchev–Trinajstić information content (AvgIpc) is 2.92. The second-order valence-electron chi connectivity index (χ2n) is 4.25. The summed E-state index contributed by atoms with van der Waals surface area (Å²) in [4.78, 5) is 13.2. The van der Waals surface area contributed by atoms with Gasteiger partial charge in [-0.15, -0.1) is 21.5 Å². The van der Waals surface area contributed by atoms with Crippen molar-refractivity contribution in [3.8, 4) is 0 Å². The lowest BCUT2D eigenvalue weighted by Gasteiger charge is -2.14. The number of aromatic nitrogens is 3. The molecule has 102 valence electrons. The summed E-state index contributed by atoms with van der Waals surface area (Å²) in [6.45, 7) is 6.25. The first-order valence-corrected chi connectivity index (χ1v) is 7.60. The number of aliphatic carboxylic acids is 1. The van der Waals surface area contributed by atoms with Crippen molar-refractivity contribution in [1.29, 1.82) is 0 Å². The van der Waals surface area contributed by atoms with E-state index in [0.29, 0.717) is 5.16 Å². The Labute approximate surface area is 119 Å². The fourth-order valence-electron chi connectivity index (χ4n) is 1.94. The summed E-state index contributed by atoms with van der Waals surface area (Å²) in [5.74, 6) is -0.859. The summed E-state index contributed by atoms with van der Waals surface area (Å²) < 4.78 is 1.92. The van der Waals surface area contributed by atoms with Crippen LogP contribution >= 0.6 is 23.1 Å². The maximum Gasteiger partial charge on any atom is 0.313 e. The highest BCUT2D eigenvalue weighted by atomic mass is 32.2. The maximum atomic E-state index is 10.6. The molecule has 0 aliphatic rings. The van der Waals surface area contributed by atoms with E-state index in [1.807, 2.05) is 4.57 Å². The summed E-state index contributed by atoms with van der Waals surface area (Å²) in [6, 6.07) is 2.27. The number of nitrogens with zero attached hydrogens (tertiary/aromatic N) is 3. The number of carboxylic acid groups (broad SMARTS) is 1. The number of thiophene rings is 1. The van der Waals surface area contributed by atoms with E-state index in [0.717, 1.165) is 0 Å². The largest absolute Gasteiger partial charge is 0.481 e. The Kier molecular flexibility index (Phi) is 4.26. The van der Waals surface area contributed by atoms with Crippen LogP contribution in [0.3, 0.4) is 0 Å². The second kappa shape index (κ2) is 5.75. The Balaban J connectivity index is 2.24. The number of carbonyl (C=O) groups is 1. The predicted molar refractivity (Wildman–Crippen MR) is 76.0 cm³/mol. The number of carboxylic acids is 1. The SMILES string of the molecule is Cc1cc(C(C)n2cnnc2SCC(=O)O)c(C)s1. The maximum absolute atomic E-state index is 10.6. The lowest BCUT2D eigenvalue weighted by Crippen LogP contribution is -2.08. The molecule has 2 aromatic heterocycles. The van der Waals surface area contributed by atoms with Gasteiger partial charge in [0.15, 0.2) is 5.16 Å². The molecule has 0 aliphatic carbocycles. The molecular formula is C12H15N3O2S2. The van der Waals surface area contributed by atoms with Gasteiger partial charge in [-0.1, -0.05) is 11.8 Å². The van der Waals surface area contributed by atoms with Crippen LogP contribution in [-0.2, 0) is 4.79 Å². The normalized spacial score (nSPS) is 12.6. The Morgan fingerprint density at radius 2 is 2.32 bits per heavy atom. The summed E-state index contributed by atoms with van der Waals surface area (Å²) in [5, 5.41) is 17.2. The van der Waals surface area contributed by atoms with Crippen molar-refractivity contribution in [1.82, 2.24) is 14.8 Å². The summed E-state index contributed by atoms with van der Waals surface area (Å²) in [7, 11) is 0. The van der Waals surface area contributed by atoms with E-state index < -0.39 is 5.97 Å². The molecule has 0 bridgehead atoms. The fourth-order valence-corrected chi connectivity index (χ4v) is 3.67. The molecule has 5 nitrogen and oxygen atoms in total. The van der Waals surface area contributed by atoms with Crippen LogP contribution in [-0.4, -0.2) is 31.6 Å². The fraction of sp³-hybridized carbons (Fsp3) is 0.417. The molecule has 2 aromatic rings. The van der Waals surface area contributed by atoms with Crippen LogP contribution < -0.4 is 0 Å². The first-order chi connectivity index (χ1) is 8.99. The van der Waals surface area contributed by atoms with Gasteiger partial charge in [0.1, 0.15) is 6.33 Å². The third-order valence-corrected chi connectivity index (χ3v) is 4.74. The molecule has 0 aliphatic heterocycles. The van der Waals surface area contributed by atoms with E-state index in [1.54, 1.807) is 17.7 Å². The lowest BCUT2D eigenvalue weighted by atomic mass is 10.1. The monoisotopic (exact) mass is 297 g/mol. The van der Waals surface area contributed by atoms with Gasteiger partial charge in [0, 0.05) is 9.75 Å². The van der Waals surface area contributed by atoms with Crippen molar-refractivity contribution in [3.05, 3.63) is 27.7 Å². The first kappa shape index (κ1) is 14.1. The molecule has 0 aromatic carbocycles. The molecule has 2 rings (SSSR count). The zero-order valence-electron chi connectivity index (χ0n) is 11.0. The number of thioether (sulfide) groups is 1. The highest BCUT2D eigenvalue weighted by Crippen LogP contribution is 2.30. The van der Waals surface area contributed by atoms with Crippen LogP contribution in [0.5, 0.6) is 0 Å². The predicted octanol–water partition coefficient (Wildman–Crippen LogP) is 2.74. The van der Waals surface area contributed by atoms with Gasteiger partial charge in [-0.05, 0) is 32.4 Å². The second-order valence-corrected chi connectivity index (χ2v) is 6.65. The molecule has 0 saturated carbocycles. The molecule has 0 amide bonds. The Morgan fingerprint density at radius 3 is 2.89 bits per heavy atom. The van der Waals surface area contributed by atoms with Gasteiger partial charge in [-0.2, -0.15) is 0 Å². The summed E-state index contributed by atoms with van der Waals surface area (Å²) in [5.41, 5.74) is 1.24. The molecule has 7 heteroatoms. The average molecular weight is 297 g/mol. The molecule has 19 heavy (non-hydrogen) atoms. The van der Waals surface area contributed by atoms with E-state index in [2.05, 4.69) is 37.0 Å². The minimum absolute atomic E-state index is 0.00688. The van der Waals surface area contributed by atoms with Gasteiger partial charge in [0.25, 0.3) is 0 Å². The van der Waals surface area contributed by atoms with E-state index in [9.17, 15) is 4.79 Å². The van der Waals surface area contributed by atoms with Crippen LogP contribution in [0.15, 0.2) is 17.6 Å². The zero-order chi connectivity index (χ0) is 14.0. The third-order valence-electron chi connectivity index (χ3n) is 2.81. The van der Waals surface area contributed by atoms with E-state index in [4.69, 9.17) is 5.11 Å². The van der Waals surface area contributed by atoms with Crippen LogP contribution in [0.2, 0.25) is 0 Å². The molecule has 0 spiro atoms. The van der Waals surface area contributed by atoms with Crippen molar-refractivity contribution in [3.63, 3.8) is 0 Å². The van der Waals surface area contributed by atoms with Crippen LogP contribution in [0.25, 0.3) is 0 Å². The summed E-state index contributed by atoms with van der Waals surface area (Å²) >= 11 is 2.95. The number of hydrogen-bond acceptors (Lipinski definition) is 5. The van der Waals surface area contributed by atoms with E-state index in [-0.39, 0.29) is 11.8 Å². The molecule has 0 radical (unpaired) electrons. The van der Waals surface area contributed by atoms with Gasteiger partial charge in [-0.3, -0.25) is 4.79 Å². The van der Waals surface area contributed by atoms with Crippen molar-refractivity contribution >= 4 is 29.1 Å². The zero-order valence-corrected chi connectivity index (χ0v) is 12.6. The minimum atomic E-state index is -0.852. The molecule has 0 saturated heterocycles. The van der Waals surface area contributed by atoms with Gasteiger partial charge in [-0.25, -0.2) is 0 Å². The van der Waals surface area contributed by atoms with Gasteiger partial charge >= 0.3 is 5.97 Å². The molecule has 1 N–H and O–H groups in total. The van der Waals surface area contributed by atoms with Crippen molar-refractivity contribution in [2.24, 2.45) is 0 Å². The van der Waals surface area contributed by atoms with Gasteiger partial charge in [0.05, 0.1) is 11.8 Å². The van der Waals surface area contributed by atoms with E-state index in [1.165, 1.54) is 27.1 Å². The smallest absolute Gasteiger partial charge is 0.313 e. The van der Waals surface area contributed by atoms with Gasteiger partial charge in [0.2, 0.25) is 0 Å². The topological polar surface area (TPSA) is 68.0 Å². The molecule has 1 unspecified atom stereocenters. The lowest BCUT2D eigenvalue weighted by molar-refractivity contribution is -0.133. The number of hydrogen-bond donors (Lipinski definition) is 1. The van der Waals surface area contributed by atoms with Crippen LogP contribution in [0.1, 0.15) is 28.3 Å². The van der Waals surface area contributed by atoms with Crippen molar-refractivity contribution in [2.45, 2.75) is 32.0 Å². The van der Waals surface area contributed by atoms with Crippen LogP contribution in [0, 0.1) is 13.8 Å². The standard InChI is InChI=1S/C12H15N3O2S2/c1-7-4-10(9(3)19-7)8(2)15-6-13-14-12(15)18-5-11(16)17/h4,6,8H,5H2,1-3H3,(H,16,17). The third kappa shape index (κ3) is 3.16. The first-order valence-electron chi connectivity index (χ1n) is 5.80. The van der Waals surface area contributed by atoms with Crippen molar-refractivity contribution in [2.75, 3.05) is 5.75 Å². The van der Waals surface area contributed by atoms with Crippen molar-refractivity contribution < 1.29 is 9.90 Å². The highest BCUT2D eigenvalue weighted by Gasteiger charge is 2.17. The highest BCUT2D eigenvalue weighted by molar-refractivity contribution is 7.99. The Morgan fingerprint density at radius 1 is 1.58 bits per heavy atom. The van der Waals surface area contributed by atoms with Gasteiger partial charge < -0.3 is 9.67 Å². The van der Waals surface area contributed by atoms with E-state index >= 15 is 0 Å². The number of aryl methyl sites for hydroxylation is 2.